The third kappa shape index (κ3) is 4.30. The lowest BCUT2D eigenvalue weighted by Gasteiger charge is -2.13. The van der Waals surface area contributed by atoms with E-state index in [9.17, 15) is 9.90 Å². The lowest BCUT2D eigenvalue weighted by atomic mass is 10.1. The standard InChI is InChI=1S/C19H20N2O4/c1-24-15-8-6-13(7-9-15)17(22)12-21-19(23)20-11-16-10-14-4-2-3-5-18(14)25-16/h2-10,17,22H,11-12H2,1H3,(H2,20,21,23). The van der Waals surface area contributed by atoms with Gasteiger partial charge in [0.1, 0.15) is 17.1 Å². The van der Waals surface area contributed by atoms with Crippen molar-refractivity contribution in [1.82, 2.24) is 10.6 Å². The Hall–Kier alpha value is -2.99. The van der Waals surface area contributed by atoms with Crippen molar-refractivity contribution in [2.75, 3.05) is 13.7 Å². The fourth-order valence-corrected chi connectivity index (χ4v) is 2.49. The van der Waals surface area contributed by atoms with Gasteiger partial charge in [-0.2, -0.15) is 0 Å². The van der Waals surface area contributed by atoms with E-state index in [2.05, 4.69) is 10.6 Å². The Balaban J connectivity index is 1.47. The molecule has 6 heteroatoms. The minimum atomic E-state index is -0.789. The molecule has 130 valence electrons. The van der Waals surface area contributed by atoms with Gasteiger partial charge in [-0.1, -0.05) is 30.3 Å². The zero-order chi connectivity index (χ0) is 17.6. The number of hydrogen-bond donors (Lipinski definition) is 3. The molecule has 0 fully saturated rings. The van der Waals surface area contributed by atoms with Gasteiger partial charge in [0.2, 0.25) is 0 Å². The largest absolute Gasteiger partial charge is 0.497 e. The van der Waals surface area contributed by atoms with E-state index in [4.69, 9.17) is 9.15 Å². The van der Waals surface area contributed by atoms with Crippen molar-refractivity contribution in [3.05, 3.63) is 65.9 Å². The molecule has 0 spiro atoms. The number of aliphatic hydroxyl groups excluding tert-OH is 1. The zero-order valence-electron chi connectivity index (χ0n) is 13.9. The molecule has 3 aromatic rings. The quantitative estimate of drug-likeness (QED) is 0.644. The van der Waals surface area contributed by atoms with Gasteiger partial charge >= 0.3 is 6.03 Å². The van der Waals surface area contributed by atoms with Crippen molar-refractivity contribution in [2.24, 2.45) is 0 Å². The number of ether oxygens (including phenoxy) is 1. The molecule has 3 rings (SSSR count). The summed E-state index contributed by atoms with van der Waals surface area (Å²) in [5.74, 6) is 1.39. The van der Waals surface area contributed by atoms with E-state index in [-0.39, 0.29) is 19.1 Å². The van der Waals surface area contributed by atoms with E-state index in [1.165, 1.54) is 0 Å². The van der Waals surface area contributed by atoms with Crippen LogP contribution in [0.2, 0.25) is 0 Å². The van der Waals surface area contributed by atoms with E-state index in [1.54, 1.807) is 31.4 Å². The Morgan fingerprint density at radius 2 is 1.92 bits per heavy atom. The summed E-state index contributed by atoms with van der Waals surface area (Å²) in [7, 11) is 1.58. The van der Waals surface area contributed by atoms with Crippen LogP contribution in [0.1, 0.15) is 17.4 Å². The van der Waals surface area contributed by atoms with Crippen LogP contribution in [0.25, 0.3) is 11.0 Å². The fourth-order valence-electron chi connectivity index (χ4n) is 2.49. The second-order valence-electron chi connectivity index (χ2n) is 5.60. The molecule has 0 aliphatic heterocycles. The second kappa shape index (κ2) is 7.72. The zero-order valence-corrected chi connectivity index (χ0v) is 13.9. The van der Waals surface area contributed by atoms with Gasteiger partial charge in [-0.25, -0.2) is 4.79 Å². The van der Waals surface area contributed by atoms with E-state index < -0.39 is 6.10 Å². The molecule has 0 aliphatic rings. The maximum atomic E-state index is 11.9. The highest BCUT2D eigenvalue weighted by atomic mass is 16.5. The molecule has 3 N–H and O–H groups in total. The van der Waals surface area contributed by atoms with Crippen molar-refractivity contribution in [2.45, 2.75) is 12.6 Å². The Labute approximate surface area is 145 Å². The number of amides is 2. The minimum absolute atomic E-state index is 0.109. The Morgan fingerprint density at radius 1 is 1.16 bits per heavy atom. The fraction of sp³-hybridized carbons (Fsp3) is 0.211. The normalized spacial score (nSPS) is 11.9. The number of para-hydroxylation sites is 1. The van der Waals surface area contributed by atoms with Gasteiger partial charge < -0.3 is 24.9 Å². The molecule has 0 saturated carbocycles. The van der Waals surface area contributed by atoms with E-state index >= 15 is 0 Å². The highest BCUT2D eigenvalue weighted by Gasteiger charge is 2.10. The summed E-state index contributed by atoms with van der Waals surface area (Å²) in [6.07, 6.45) is -0.789. The number of aliphatic hydroxyl groups is 1. The number of urea groups is 1. The number of carbonyl (C=O) groups excluding carboxylic acids is 1. The van der Waals surface area contributed by atoms with Gasteiger partial charge in [-0.05, 0) is 29.8 Å². The maximum absolute atomic E-state index is 11.9. The van der Waals surface area contributed by atoms with Crippen LogP contribution in [-0.2, 0) is 6.54 Å². The highest BCUT2D eigenvalue weighted by molar-refractivity contribution is 5.78. The summed E-state index contributed by atoms with van der Waals surface area (Å²) in [4.78, 5) is 11.9. The summed E-state index contributed by atoms with van der Waals surface area (Å²) in [6.45, 7) is 0.386. The Bertz CT molecular complexity index is 809. The highest BCUT2D eigenvalue weighted by Crippen LogP contribution is 2.19. The molecular weight excluding hydrogens is 320 g/mol. The molecule has 0 bridgehead atoms. The van der Waals surface area contributed by atoms with Crippen LogP contribution in [-0.4, -0.2) is 24.8 Å². The Kier molecular flexibility index (Phi) is 5.20. The van der Waals surface area contributed by atoms with Crippen LogP contribution in [0.3, 0.4) is 0 Å². The average molecular weight is 340 g/mol. The lowest BCUT2D eigenvalue weighted by molar-refractivity contribution is 0.173. The summed E-state index contributed by atoms with van der Waals surface area (Å²) in [5.41, 5.74) is 1.49. The van der Waals surface area contributed by atoms with Gasteiger partial charge in [0.25, 0.3) is 0 Å². The minimum Gasteiger partial charge on any atom is -0.497 e. The van der Waals surface area contributed by atoms with Crippen molar-refractivity contribution < 1.29 is 19.1 Å². The molecule has 1 heterocycles. The number of rotatable bonds is 6. The average Bonchev–Trinajstić information content (AvgIpc) is 3.07. The summed E-state index contributed by atoms with van der Waals surface area (Å²) >= 11 is 0. The first-order valence-corrected chi connectivity index (χ1v) is 7.97. The number of carbonyl (C=O) groups is 1. The van der Waals surface area contributed by atoms with E-state index in [0.717, 1.165) is 11.0 Å². The van der Waals surface area contributed by atoms with Crippen molar-refractivity contribution >= 4 is 17.0 Å². The molecule has 2 aromatic carbocycles. The first kappa shape index (κ1) is 16.9. The molecule has 2 amide bonds. The monoisotopic (exact) mass is 340 g/mol. The number of benzene rings is 2. The van der Waals surface area contributed by atoms with Crippen LogP contribution in [0, 0.1) is 0 Å². The third-order valence-electron chi connectivity index (χ3n) is 3.86. The number of hydrogen-bond acceptors (Lipinski definition) is 4. The van der Waals surface area contributed by atoms with Crippen LogP contribution >= 0.6 is 0 Å². The summed E-state index contributed by atoms with van der Waals surface area (Å²) in [5, 5.41) is 16.5. The molecule has 1 unspecified atom stereocenters. The van der Waals surface area contributed by atoms with Gasteiger partial charge in [-0.3, -0.25) is 0 Å². The predicted octanol–water partition coefficient (Wildman–Crippen LogP) is 2.97. The Morgan fingerprint density at radius 3 is 2.64 bits per heavy atom. The summed E-state index contributed by atoms with van der Waals surface area (Å²) < 4.78 is 10.7. The van der Waals surface area contributed by atoms with E-state index in [0.29, 0.717) is 17.1 Å². The molecule has 1 aromatic heterocycles. The van der Waals surface area contributed by atoms with Crippen molar-refractivity contribution in [1.29, 1.82) is 0 Å². The van der Waals surface area contributed by atoms with Gasteiger partial charge in [-0.15, -0.1) is 0 Å². The number of furan rings is 1. The van der Waals surface area contributed by atoms with Crippen LogP contribution in [0.4, 0.5) is 4.79 Å². The molecule has 1 atom stereocenters. The topological polar surface area (TPSA) is 83.7 Å². The molecule has 25 heavy (non-hydrogen) atoms. The smallest absolute Gasteiger partial charge is 0.315 e. The van der Waals surface area contributed by atoms with Gasteiger partial charge in [0, 0.05) is 11.9 Å². The molecule has 0 saturated heterocycles. The van der Waals surface area contributed by atoms with Crippen molar-refractivity contribution in [3.8, 4) is 5.75 Å². The van der Waals surface area contributed by atoms with E-state index in [1.807, 2.05) is 30.3 Å². The van der Waals surface area contributed by atoms with Crippen LogP contribution in [0.15, 0.2) is 59.0 Å². The first-order chi connectivity index (χ1) is 12.2. The number of fused-ring (bicyclic) bond motifs is 1. The maximum Gasteiger partial charge on any atom is 0.315 e. The third-order valence-corrected chi connectivity index (χ3v) is 3.86. The predicted molar refractivity (Wildman–Crippen MR) is 94.4 cm³/mol. The number of nitrogens with one attached hydrogen (secondary N) is 2. The van der Waals surface area contributed by atoms with Crippen LogP contribution in [0.5, 0.6) is 5.75 Å². The number of methoxy groups -OCH3 is 1. The lowest BCUT2D eigenvalue weighted by Crippen LogP contribution is -2.37. The molecule has 0 aliphatic carbocycles. The van der Waals surface area contributed by atoms with Crippen molar-refractivity contribution in [3.63, 3.8) is 0 Å². The van der Waals surface area contributed by atoms with Gasteiger partial charge in [0.05, 0.1) is 19.8 Å². The second-order valence-corrected chi connectivity index (χ2v) is 5.60. The first-order valence-electron chi connectivity index (χ1n) is 7.97. The van der Waals surface area contributed by atoms with Gasteiger partial charge in [0.15, 0.2) is 0 Å². The summed E-state index contributed by atoms with van der Waals surface area (Å²) in [6, 6.07) is 16.2. The SMILES string of the molecule is COc1ccc(C(O)CNC(=O)NCc2cc3ccccc3o2)cc1. The molecular formula is C19H20N2O4. The molecule has 6 nitrogen and oxygen atoms in total. The molecule has 0 radical (unpaired) electrons. The van der Waals surface area contributed by atoms with Crippen LogP contribution < -0.4 is 15.4 Å².